The van der Waals surface area contributed by atoms with Crippen LogP contribution < -0.4 is 4.90 Å². The molecule has 0 aromatic carbocycles. The molecule has 0 fully saturated rings. The zero-order valence-electron chi connectivity index (χ0n) is 8.70. The van der Waals surface area contributed by atoms with Crippen molar-refractivity contribution in [2.75, 3.05) is 18.5 Å². The quantitative estimate of drug-likeness (QED) is 0.879. The number of hydrogen-bond acceptors (Lipinski definition) is 5. The number of likely N-dealkylation sites (N-methyl/N-ethyl adjacent to an activating group) is 1. The summed E-state index contributed by atoms with van der Waals surface area (Å²) in [5.41, 5.74) is -0.852. The number of rotatable bonds is 3. The van der Waals surface area contributed by atoms with Crippen LogP contribution in [0.5, 0.6) is 0 Å². The first-order chi connectivity index (χ1) is 6.79. The van der Waals surface area contributed by atoms with Gasteiger partial charge in [-0.1, -0.05) is 11.6 Å². The molecule has 1 rings (SSSR count). The Labute approximate surface area is 98.0 Å². The van der Waals surface area contributed by atoms with Gasteiger partial charge in [-0.15, -0.1) is 10.2 Å². The van der Waals surface area contributed by atoms with Gasteiger partial charge in [0.25, 0.3) is 0 Å². The molecule has 0 saturated heterocycles. The molecule has 0 atom stereocenters. The fraction of sp³-hybridized carbons (Fsp3) is 0.625. The fourth-order valence-electron chi connectivity index (χ4n) is 1.18. The lowest BCUT2D eigenvalue weighted by Crippen LogP contribution is -2.36. The van der Waals surface area contributed by atoms with Crippen molar-refractivity contribution in [3.63, 3.8) is 0 Å². The first-order valence-corrected chi connectivity index (χ1v) is 5.04. The molecule has 0 aliphatic carbocycles. The summed E-state index contributed by atoms with van der Waals surface area (Å²) in [6.45, 7) is 3.74. The molecule has 1 aromatic rings. The maximum absolute atomic E-state index is 9.63. The van der Waals surface area contributed by atoms with E-state index < -0.39 is 5.60 Å². The molecule has 0 amide bonds. The zero-order valence-corrected chi connectivity index (χ0v) is 10.2. The number of halogens is 2. The molecule has 0 aliphatic heterocycles. The van der Waals surface area contributed by atoms with Crippen molar-refractivity contribution >= 4 is 29.0 Å². The Morgan fingerprint density at radius 3 is 2.47 bits per heavy atom. The van der Waals surface area contributed by atoms with Gasteiger partial charge >= 0.3 is 0 Å². The Bertz CT molecular complexity index is 353. The highest BCUT2D eigenvalue weighted by atomic mass is 35.5. The van der Waals surface area contributed by atoms with Crippen LogP contribution in [0.25, 0.3) is 0 Å². The molecule has 7 heteroatoms. The second-order valence-corrected chi connectivity index (χ2v) is 4.56. The van der Waals surface area contributed by atoms with E-state index in [-0.39, 0.29) is 10.4 Å². The van der Waals surface area contributed by atoms with Gasteiger partial charge in [-0.25, -0.2) is 0 Å². The SMILES string of the molecule is CN(CC(C)(C)O)c1nc(Cl)nnc1Cl. The van der Waals surface area contributed by atoms with Gasteiger partial charge in [-0.05, 0) is 25.4 Å². The Kier molecular flexibility index (Phi) is 3.70. The van der Waals surface area contributed by atoms with Crippen LogP contribution in [0.1, 0.15) is 13.8 Å². The highest BCUT2D eigenvalue weighted by molar-refractivity contribution is 6.32. The largest absolute Gasteiger partial charge is 0.389 e. The van der Waals surface area contributed by atoms with Crippen LogP contribution in [0, 0.1) is 0 Å². The number of aliphatic hydroxyl groups is 1. The van der Waals surface area contributed by atoms with E-state index in [0.717, 1.165) is 0 Å². The van der Waals surface area contributed by atoms with Gasteiger partial charge in [-0.2, -0.15) is 4.98 Å². The van der Waals surface area contributed by atoms with Crippen LogP contribution in [0.3, 0.4) is 0 Å². The molecule has 0 bridgehead atoms. The van der Waals surface area contributed by atoms with Crippen molar-refractivity contribution in [3.8, 4) is 0 Å². The van der Waals surface area contributed by atoms with Crippen LogP contribution in [-0.4, -0.2) is 39.5 Å². The topological polar surface area (TPSA) is 62.1 Å². The predicted molar refractivity (Wildman–Crippen MR) is 59.4 cm³/mol. The molecule has 0 unspecified atom stereocenters. The number of nitrogens with zero attached hydrogens (tertiary/aromatic N) is 4. The van der Waals surface area contributed by atoms with Gasteiger partial charge in [0, 0.05) is 13.6 Å². The Balaban J connectivity index is 2.90. The minimum atomic E-state index is -0.852. The highest BCUT2D eigenvalue weighted by Crippen LogP contribution is 2.21. The molecule has 1 heterocycles. The van der Waals surface area contributed by atoms with E-state index in [1.54, 1.807) is 25.8 Å². The van der Waals surface area contributed by atoms with E-state index in [9.17, 15) is 5.11 Å². The van der Waals surface area contributed by atoms with E-state index in [2.05, 4.69) is 15.2 Å². The number of aromatic nitrogens is 3. The van der Waals surface area contributed by atoms with Gasteiger partial charge in [-0.3, -0.25) is 0 Å². The summed E-state index contributed by atoms with van der Waals surface area (Å²) in [4.78, 5) is 5.60. The summed E-state index contributed by atoms with van der Waals surface area (Å²) in [6.07, 6.45) is 0. The zero-order chi connectivity index (χ0) is 11.6. The summed E-state index contributed by atoms with van der Waals surface area (Å²) in [5.74, 6) is 0.402. The normalized spacial score (nSPS) is 11.6. The summed E-state index contributed by atoms with van der Waals surface area (Å²) < 4.78 is 0. The van der Waals surface area contributed by atoms with Gasteiger partial charge in [0.05, 0.1) is 5.60 Å². The first kappa shape index (κ1) is 12.4. The molecule has 0 aliphatic rings. The predicted octanol–water partition coefficient (Wildman–Crippen LogP) is 1.39. The van der Waals surface area contributed by atoms with Crippen molar-refractivity contribution in [2.45, 2.75) is 19.4 Å². The maximum Gasteiger partial charge on any atom is 0.245 e. The van der Waals surface area contributed by atoms with Crippen LogP contribution in [0.15, 0.2) is 0 Å². The van der Waals surface area contributed by atoms with Gasteiger partial charge < -0.3 is 10.0 Å². The van der Waals surface area contributed by atoms with Gasteiger partial charge in [0.2, 0.25) is 5.28 Å². The monoisotopic (exact) mass is 250 g/mol. The Morgan fingerprint density at radius 1 is 1.33 bits per heavy atom. The summed E-state index contributed by atoms with van der Waals surface area (Å²) in [5, 5.41) is 16.9. The van der Waals surface area contributed by atoms with E-state index in [1.807, 2.05) is 0 Å². The second kappa shape index (κ2) is 4.47. The lowest BCUT2D eigenvalue weighted by Gasteiger charge is -2.26. The fourth-order valence-corrected chi connectivity index (χ4v) is 1.53. The molecule has 0 radical (unpaired) electrons. The Morgan fingerprint density at radius 2 is 1.93 bits per heavy atom. The smallest absolute Gasteiger partial charge is 0.245 e. The van der Waals surface area contributed by atoms with Crippen molar-refractivity contribution in [1.29, 1.82) is 0 Å². The highest BCUT2D eigenvalue weighted by Gasteiger charge is 2.19. The number of hydrogen-bond donors (Lipinski definition) is 1. The second-order valence-electron chi connectivity index (χ2n) is 3.86. The number of anilines is 1. The molecule has 1 aromatic heterocycles. The molecule has 0 spiro atoms. The molecule has 1 N–H and O–H groups in total. The van der Waals surface area contributed by atoms with Gasteiger partial charge in [0.15, 0.2) is 11.0 Å². The molecule has 5 nitrogen and oxygen atoms in total. The lowest BCUT2D eigenvalue weighted by molar-refractivity contribution is 0.0884. The minimum absolute atomic E-state index is 0.0250. The lowest BCUT2D eigenvalue weighted by atomic mass is 10.1. The van der Waals surface area contributed by atoms with Gasteiger partial charge in [0.1, 0.15) is 0 Å². The van der Waals surface area contributed by atoms with Crippen LogP contribution in [-0.2, 0) is 0 Å². The molecule has 84 valence electrons. The average Bonchev–Trinajstić information content (AvgIpc) is 2.06. The van der Waals surface area contributed by atoms with Crippen molar-refractivity contribution < 1.29 is 5.11 Å². The maximum atomic E-state index is 9.63. The molecular formula is C8H12Cl2N4O. The van der Waals surface area contributed by atoms with Crippen molar-refractivity contribution in [1.82, 2.24) is 15.2 Å². The Hall–Kier alpha value is -0.650. The summed E-state index contributed by atoms with van der Waals surface area (Å²) >= 11 is 11.4. The molecule has 15 heavy (non-hydrogen) atoms. The average molecular weight is 251 g/mol. The molecule has 0 saturated carbocycles. The third kappa shape index (κ3) is 3.77. The van der Waals surface area contributed by atoms with E-state index >= 15 is 0 Å². The minimum Gasteiger partial charge on any atom is -0.389 e. The standard InChI is InChI=1S/C8H12Cl2N4O/c1-8(2,15)4-14(3)6-5(9)12-13-7(10)11-6/h15H,4H2,1-3H3. The van der Waals surface area contributed by atoms with E-state index in [4.69, 9.17) is 23.2 Å². The van der Waals surface area contributed by atoms with E-state index in [1.165, 1.54) is 0 Å². The van der Waals surface area contributed by atoms with E-state index in [0.29, 0.717) is 12.4 Å². The molecular weight excluding hydrogens is 239 g/mol. The van der Waals surface area contributed by atoms with Crippen molar-refractivity contribution in [2.24, 2.45) is 0 Å². The van der Waals surface area contributed by atoms with Crippen LogP contribution >= 0.6 is 23.2 Å². The van der Waals surface area contributed by atoms with Crippen molar-refractivity contribution in [3.05, 3.63) is 10.4 Å². The summed E-state index contributed by atoms with van der Waals surface area (Å²) in [6, 6.07) is 0. The van der Waals surface area contributed by atoms with Crippen LogP contribution in [0.2, 0.25) is 10.4 Å². The first-order valence-electron chi connectivity index (χ1n) is 4.29. The summed E-state index contributed by atoms with van der Waals surface area (Å²) in [7, 11) is 1.74. The van der Waals surface area contributed by atoms with Crippen LogP contribution in [0.4, 0.5) is 5.82 Å². The third-order valence-corrected chi connectivity index (χ3v) is 1.99. The third-order valence-electron chi connectivity index (χ3n) is 1.59.